The number of aliphatic carboxylic acids is 1. The van der Waals surface area contributed by atoms with Gasteiger partial charge in [-0.3, -0.25) is 19.5 Å². The monoisotopic (exact) mass is 450 g/mol. The highest BCUT2D eigenvalue weighted by molar-refractivity contribution is 8.26. The van der Waals surface area contributed by atoms with E-state index in [0.29, 0.717) is 15.6 Å². The quantitative estimate of drug-likeness (QED) is 0.430. The third-order valence-corrected chi connectivity index (χ3v) is 6.03. The molecule has 156 valence electrons. The number of pyridine rings is 1. The summed E-state index contributed by atoms with van der Waals surface area (Å²) in [5.74, 6) is -1.11. The van der Waals surface area contributed by atoms with Gasteiger partial charge in [-0.2, -0.15) is 5.10 Å². The number of carbonyl (C=O) groups is 2. The summed E-state index contributed by atoms with van der Waals surface area (Å²) < 4.78 is 2.21. The van der Waals surface area contributed by atoms with Crippen molar-refractivity contribution in [3.8, 4) is 16.9 Å². The summed E-state index contributed by atoms with van der Waals surface area (Å²) in [6.45, 7) is 0.287. The molecule has 1 aliphatic heterocycles. The van der Waals surface area contributed by atoms with Gasteiger partial charge >= 0.3 is 5.97 Å². The number of nitrogens with zero attached hydrogens (tertiary/aromatic N) is 4. The number of carbonyl (C=O) groups excluding carboxylic acids is 1. The third kappa shape index (κ3) is 4.73. The summed E-state index contributed by atoms with van der Waals surface area (Å²) in [5, 5.41) is 13.6. The van der Waals surface area contributed by atoms with Crippen LogP contribution in [-0.4, -0.2) is 47.5 Å². The average Bonchev–Trinajstić information content (AvgIpc) is 3.31. The normalized spacial score (nSPS) is 15.1. The molecule has 9 heteroatoms. The number of thioether (sulfide) groups is 1. The van der Waals surface area contributed by atoms with Crippen LogP contribution in [0.3, 0.4) is 0 Å². The SMILES string of the molecule is O=C(O)CCCN1C(=O)/C(=C/c2cn(-c3ccccc3)nc2-c2ccncc2)SC1=S. The molecule has 0 radical (unpaired) electrons. The largest absolute Gasteiger partial charge is 0.481 e. The van der Waals surface area contributed by atoms with Crippen LogP contribution < -0.4 is 0 Å². The molecule has 4 rings (SSSR count). The highest BCUT2D eigenvalue weighted by Crippen LogP contribution is 2.35. The Morgan fingerprint density at radius 2 is 1.90 bits per heavy atom. The standard InChI is InChI=1S/C22H18N4O3S2/c27-19(28)7-4-12-25-21(29)18(31-22(25)30)13-16-14-26(17-5-2-1-3-6-17)24-20(16)15-8-10-23-11-9-15/h1-3,5-6,8-11,13-14H,4,7,12H2,(H,27,28)/b18-13-. The molecule has 0 unspecified atom stereocenters. The highest BCUT2D eigenvalue weighted by atomic mass is 32.2. The fourth-order valence-corrected chi connectivity index (χ4v) is 4.46. The van der Waals surface area contributed by atoms with Crippen molar-refractivity contribution in [1.82, 2.24) is 19.7 Å². The van der Waals surface area contributed by atoms with Crippen molar-refractivity contribution in [2.45, 2.75) is 12.8 Å². The molecule has 0 bridgehead atoms. The number of thiocarbonyl (C=S) groups is 1. The number of rotatable bonds is 7. The summed E-state index contributed by atoms with van der Waals surface area (Å²) in [5.41, 5.74) is 3.29. The summed E-state index contributed by atoms with van der Waals surface area (Å²) in [7, 11) is 0. The van der Waals surface area contributed by atoms with Gasteiger partial charge in [0.2, 0.25) is 0 Å². The van der Waals surface area contributed by atoms with Crippen LogP contribution in [-0.2, 0) is 9.59 Å². The lowest BCUT2D eigenvalue weighted by Crippen LogP contribution is -2.29. The van der Waals surface area contributed by atoms with Crippen molar-refractivity contribution < 1.29 is 14.7 Å². The fraction of sp³-hybridized carbons (Fsp3) is 0.136. The molecule has 1 amide bonds. The molecule has 1 N–H and O–H groups in total. The summed E-state index contributed by atoms with van der Waals surface area (Å²) >= 11 is 6.57. The first kappa shape index (κ1) is 21.0. The first-order valence-corrected chi connectivity index (χ1v) is 10.8. The van der Waals surface area contributed by atoms with Crippen LogP contribution in [0.4, 0.5) is 0 Å². The molecular formula is C22H18N4O3S2. The Bertz CT molecular complexity index is 1160. The van der Waals surface area contributed by atoms with E-state index in [-0.39, 0.29) is 18.9 Å². The second-order valence-corrected chi connectivity index (χ2v) is 8.46. The number of aromatic nitrogens is 3. The summed E-state index contributed by atoms with van der Waals surface area (Å²) in [6, 6.07) is 13.5. The molecule has 0 atom stereocenters. The topological polar surface area (TPSA) is 88.3 Å². The molecule has 1 aromatic carbocycles. The minimum atomic E-state index is -0.892. The van der Waals surface area contributed by atoms with E-state index in [0.717, 1.165) is 22.5 Å². The molecule has 7 nitrogen and oxygen atoms in total. The van der Waals surface area contributed by atoms with Gasteiger partial charge in [0, 0.05) is 42.7 Å². The Labute approximate surface area is 188 Å². The van der Waals surface area contributed by atoms with Crippen LogP contribution >= 0.6 is 24.0 Å². The van der Waals surface area contributed by atoms with E-state index in [1.807, 2.05) is 48.7 Å². The van der Waals surface area contributed by atoms with E-state index < -0.39 is 5.97 Å². The summed E-state index contributed by atoms with van der Waals surface area (Å²) in [6.07, 6.45) is 7.40. The minimum absolute atomic E-state index is 0.00779. The van der Waals surface area contributed by atoms with Crippen LogP contribution in [0.25, 0.3) is 23.0 Å². The molecule has 2 aromatic heterocycles. The number of para-hydroxylation sites is 1. The minimum Gasteiger partial charge on any atom is -0.481 e. The fourth-order valence-electron chi connectivity index (χ4n) is 3.16. The predicted octanol–water partition coefficient (Wildman–Crippen LogP) is 4.00. The lowest BCUT2D eigenvalue weighted by Gasteiger charge is -2.13. The Kier molecular flexibility index (Phi) is 6.24. The average molecular weight is 451 g/mol. The predicted molar refractivity (Wildman–Crippen MR) is 124 cm³/mol. The Morgan fingerprint density at radius 3 is 2.61 bits per heavy atom. The number of hydrogen-bond donors (Lipinski definition) is 1. The molecule has 1 saturated heterocycles. The van der Waals surface area contributed by atoms with Crippen LogP contribution in [0, 0.1) is 0 Å². The smallest absolute Gasteiger partial charge is 0.303 e. The van der Waals surface area contributed by atoms with Crippen molar-refractivity contribution in [3.63, 3.8) is 0 Å². The number of carboxylic acids is 1. The van der Waals surface area contributed by atoms with Gasteiger partial charge in [-0.05, 0) is 36.8 Å². The zero-order valence-corrected chi connectivity index (χ0v) is 18.0. The maximum Gasteiger partial charge on any atom is 0.303 e. The maximum atomic E-state index is 12.9. The van der Waals surface area contributed by atoms with Gasteiger partial charge in [-0.1, -0.05) is 42.2 Å². The lowest BCUT2D eigenvalue weighted by atomic mass is 10.1. The zero-order chi connectivity index (χ0) is 21.8. The van der Waals surface area contributed by atoms with E-state index in [9.17, 15) is 9.59 Å². The van der Waals surface area contributed by atoms with Crippen molar-refractivity contribution in [1.29, 1.82) is 0 Å². The van der Waals surface area contributed by atoms with Gasteiger partial charge in [0.1, 0.15) is 10.0 Å². The van der Waals surface area contributed by atoms with Crippen molar-refractivity contribution >= 4 is 46.3 Å². The highest BCUT2D eigenvalue weighted by Gasteiger charge is 2.32. The van der Waals surface area contributed by atoms with Gasteiger partial charge in [0.05, 0.1) is 10.6 Å². The number of hydrogen-bond acceptors (Lipinski definition) is 6. The van der Waals surface area contributed by atoms with Gasteiger partial charge in [0.25, 0.3) is 5.91 Å². The molecule has 3 heterocycles. The van der Waals surface area contributed by atoms with Gasteiger partial charge in [0.15, 0.2) is 0 Å². The van der Waals surface area contributed by atoms with Crippen LogP contribution in [0.15, 0.2) is 66.0 Å². The molecule has 1 fully saturated rings. The first-order chi connectivity index (χ1) is 15.0. The maximum absolute atomic E-state index is 12.9. The van der Waals surface area contributed by atoms with Crippen molar-refractivity contribution in [3.05, 3.63) is 71.5 Å². The number of benzene rings is 1. The van der Waals surface area contributed by atoms with E-state index in [4.69, 9.17) is 22.4 Å². The molecule has 0 spiro atoms. The number of carboxylic acid groups (broad SMARTS) is 1. The molecule has 1 aliphatic rings. The van der Waals surface area contributed by atoms with E-state index >= 15 is 0 Å². The third-order valence-electron chi connectivity index (χ3n) is 4.65. The second kappa shape index (κ2) is 9.23. The molecular weight excluding hydrogens is 432 g/mol. The lowest BCUT2D eigenvalue weighted by molar-refractivity contribution is -0.137. The van der Waals surface area contributed by atoms with Crippen molar-refractivity contribution in [2.24, 2.45) is 0 Å². The molecule has 0 aliphatic carbocycles. The second-order valence-electron chi connectivity index (χ2n) is 6.78. The first-order valence-electron chi connectivity index (χ1n) is 9.55. The summed E-state index contributed by atoms with van der Waals surface area (Å²) in [4.78, 5) is 29.7. The van der Waals surface area contributed by atoms with Crippen LogP contribution in [0.2, 0.25) is 0 Å². The van der Waals surface area contributed by atoms with Crippen LogP contribution in [0.5, 0.6) is 0 Å². The molecule has 31 heavy (non-hydrogen) atoms. The Morgan fingerprint density at radius 1 is 1.16 bits per heavy atom. The van der Waals surface area contributed by atoms with Gasteiger partial charge < -0.3 is 5.11 Å². The Hall–Kier alpha value is -3.30. The molecule has 3 aromatic rings. The van der Waals surface area contributed by atoms with E-state index in [2.05, 4.69) is 4.98 Å². The van der Waals surface area contributed by atoms with Gasteiger partial charge in [-0.15, -0.1) is 0 Å². The van der Waals surface area contributed by atoms with Gasteiger partial charge in [-0.25, -0.2) is 4.68 Å². The molecule has 0 saturated carbocycles. The van der Waals surface area contributed by atoms with E-state index in [1.165, 1.54) is 16.7 Å². The van der Waals surface area contributed by atoms with Crippen molar-refractivity contribution in [2.75, 3.05) is 6.54 Å². The Balaban J connectivity index is 1.68. The van der Waals surface area contributed by atoms with E-state index in [1.54, 1.807) is 23.2 Å². The zero-order valence-electron chi connectivity index (χ0n) is 16.3. The van der Waals surface area contributed by atoms with Crippen LogP contribution in [0.1, 0.15) is 18.4 Å². The number of amides is 1.